The van der Waals surface area contributed by atoms with E-state index >= 15 is 0 Å². The summed E-state index contributed by atoms with van der Waals surface area (Å²) < 4.78 is 14.0. The van der Waals surface area contributed by atoms with E-state index in [9.17, 15) is 19.3 Å². The molecule has 20 heavy (non-hydrogen) atoms. The lowest BCUT2D eigenvalue weighted by Crippen LogP contribution is -2.36. The minimum absolute atomic E-state index is 0.00591. The van der Waals surface area contributed by atoms with E-state index in [0.717, 1.165) is 25.0 Å². The Morgan fingerprint density at radius 3 is 2.70 bits per heavy atom. The van der Waals surface area contributed by atoms with Crippen molar-refractivity contribution in [1.82, 2.24) is 4.90 Å². The number of carbonyl (C=O) groups is 1. The Labute approximate surface area is 115 Å². The van der Waals surface area contributed by atoms with E-state index in [1.165, 1.54) is 11.8 Å². The van der Waals surface area contributed by atoms with Gasteiger partial charge in [0.1, 0.15) is 5.82 Å². The largest absolute Gasteiger partial charge is 0.395 e. The van der Waals surface area contributed by atoms with E-state index in [1.54, 1.807) is 0 Å². The Kier molecular flexibility index (Phi) is 3.99. The second kappa shape index (κ2) is 5.54. The molecule has 6 nitrogen and oxygen atoms in total. The molecule has 0 aliphatic heterocycles. The van der Waals surface area contributed by atoms with Crippen molar-refractivity contribution in [2.75, 3.05) is 13.2 Å². The van der Waals surface area contributed by atoms with Gasteiger partial charge in [0, 0.05) is 24.7 Å². The van der Waals surface area contributed by atoms with E-state index in [2.05, 4.69) is 0 Å². The van der Waals surface area contributed by atoms with E-state index in [1.807, 2.05) is 0 Å². The van der Waals surface area contributed by atoms with Crippen LogP contribution in [0, 0.1) is 22.9 Å². The molecule has 0 spiro atoms. The number of non-ortho nitro benzene ring substituents is 1. The van der Waals surface area contributed by atoms with Gasteiger partial charge >= 0.3 is 0 Å². The van der Waals surface area contributed by atoms with E-state index in [-0.39, 0.29) is 36.0 Å². The van der Waals surface area contributed by atoms with Gasteiger partial charge in [-0.25, -0.2) is 4.39 Å². The normalized spacial score (nSPS) is 14.2. The molecule has 0 radical (unpaired) electrons. The fraction of sp³-hybridized carbons (Fsp3) is 0.462. The summed E-state index contributed by atoms with van der Waals surface area (Å²) in [5.41, 5.74) is -0.564. The molecule has 1 N–H and O–H groups in total. The van der Waals surface area contributed by atoms with Crippen LogP contribution in [0.2, 0.25) is 0 Å². The lowest BCUT2D eigenvalue weighted by atomic mass is 10.1. The van der Waals surface area contributed by atoms with Gasteiger partial charge in [0.25, 0.3) is 11.6 Å². The van der Waals surface area contributed by atoms with Gasteiger partial charge < -0.3 is 10.0 Å². The molecule has 0 heterocycles. The first-order valence-electron chi connectivity index (χ1n) is 6.32. The Bertz CT molecular complexity index is 558. The number of hydrogen-bond acceptors (Lipinski definition) is 4. The maximum Gasteiger partial charge on any atom is 0.270 e. The summed E-state index contributed by atoms with van der Waals surface area (Å²) in [4.78, 5) is 23.8. The molecule has 108 valence electrons. The van der Waals surface area contributed by atoms with Crippen LogP contribution in [0.4, 0.5) is 10.1 Å². The van der Waals surface area contributed by atoms with Gasteiger partial charge in [-0.05, 0) is 25.3 Å². The van der Waals surface area contributed by atoms with Crippen molar-refractivity contribution in [1.29, 1.82) is 0 Å². The van der Waals surface area contributed by atoms with Crippen LogP contribution in [-0.2, 0) is 0 Å². The summed E-state index contributed by atoms with van der Waals surface area (Å²) in [6.45, 7) is 1.26. The standard InChI is InChI=1S/C13H15FN2O4/c1-8-6-10(16(19)20)7-11(12(8)14)13(18)15(4-5-17)9-2-3-9/h6-7,9,17H,2-5H2,1H3. The van der Waals surface area contributed by atoms with Crippen LogP contribution < -0.4 is 0 Å². The number of amides is 1. The van der Waals surface area contributed by atoms with Gasteiger partial charge in [-0.2, -0.15) is 0 Å². The molecule has 1 fully saturated rings. The van der Waals surface area contributed by atoms with E-state index in [4.69, 9.17) is 5.11 Å². The van der Waals surface area contributed by atoms with Crippen molar-refractivity contribution < 1.29 is 19.2 Å². The molecule has 1 aliphatic rings. The highest BCUT2D eigenvalue weighted by Gasteiger charge is 2.34. The Hall–Kier alpha value is -2.02. The predicted octanol–water partition coefficient (Wildman–Crippen LogP) is 1.64. The summed E-state index contributed by atoms with van der Waals surface area (Å²) in [6, 6.07) is 2.05. The van der Waals surface area contributed by atoms with Crippen molar-refractivity contribution in [2.45, 2.75) is 25.8 Å². The summed E-state index contributed by atoms with van der Waals surface area (Å²) in [7, 11) is 0. The molecule has 1 aliphatic carbocycles. The molecule has 0 atom stereocenters. The summed E-state index contributed by atoms with van der Waals surface area (Å²) in [6.07, 6.45) is 1.61. The Morgan fingerprint density at radius 1 is 1.55 bits per heavy atom. The van der Waals surface area contributed by atoms with Gasteiger partial charge in [-0.3, -0.25) is 14.9 Å². The molecule has 2 rings (SSSR count). The first-order valence-corrected chi connectivity index (χ1v) is 6.32. The van der Waals surface area contributed by atoms with Gasteiger partial charge in [0.2, 0.25) is 0 Å². The lowest BCUT2D eigenvalue weighted by molar-refractivity contribution is -0.385. The molecule has 0 unspecified atom stereocenters. The fourth-order valence-electron chi connectivity index (χ4n) is 2.11. The number of hydrogen-bond donors (Lipinski definition) is 1. The van der Waals surface area contributed by atoms with Gasteiger partial charge in [0.15, 0.2) is 0 Å². The number of aryl methyl sites for hydroxylation is 1. The van der Waals surface area contributed by atoms with Gasteiger partial charge in [0.05, 0.1) is 17.1 Å². The summed E-state index contributed by atoms with van der Waals surface area (Å²) in [5, 5.41) is 19.8. The maximum atomic E-state index is 14.0. The van der Waals surface area contributed by atoms with E-state index < -0.39 is 16.6 Å². The third-order valence-electron chi connectivity index (χ3n) is 3.27. The van der Waals surface area contributed by atoms with Crippen molar-refractivity contribution in [3.63, 3.8) is 0 Å². The molecule has 1 aromatic carbocycles. The number of nitro benzene ring substituents is 1. The highest BCUT2D eigenvalue weighted by molar-refractivity contribution is 5.95. The zero-order chi connectivity index (χ0) is 14.9. The molecule has 1 amide bonds. The first kappa shape index (κ1) is 14.4. The van der Waals surface area contributed by atoms with Crippen molar-refractivity contribution in [3.8, 4) is 0 Å². The fourth-order valence-corrected chi connectivity index (χ4v) is 2.11. The molecule has 0 saturated heterocycles. The molecular formula is C13H15FN2O4. The topological polar surface area (TPSA) is 83.7 Å². The number of nitrogens with zero attached hydrogens (tertiary/aromatic N) is 2. The zero-order valence-corrected chi connectivity index (χ0v) is 11.0. The van der Waals surface area contributed by atoms with Crippen molar-refractivity contribution in [3.05, 3.63) is 39.2 Å². The van der Waals surface area contributed by atoms with Crippen LogP contribution in [-0.4, -0.2) is 40.0 Å². The number of halogens is 1. The highest BCUT2D eigenvalue weighted by atomic mass is 19.1. The smallest absolute Gasteiger partial charge is 0.270 e. The predicted molar refractivity (Wildman–Crippen MR) is 68.9 cm³/mol. The van der Waals surface area contributed by atoms with Crippen LogP contribution >= 0.6 is 0 Å². The minimum Gasteiger partial charge on any atom is -0.395 e. The summed E-state index contributed by atoms with van der Waals surface area (Å²) >= 11 is 0. The SMILES string of the molecule is Cc1cc([N+](=O)[O-])cc(C(=O)N(CCO)C2CC2)c1F. The summed E-state index contributed by atoms with van der Waals surface area (Å²) in [5.74, 6) is -1.35. The van der Waals surface area contributed by atoms with Crippen LogP contribution in [0.3, 0.4) is 0 Å². The molecule has 0 bridgehead atoms. The number of carbonyl (C=O) groups excluding carboxylic acids is 1. The number of nitro groups is 1. The second-order valence-electron chi connectivity index (χ2n) is 4.83. The third kappa shape index (κ3) is 2.77. The molecule has 1 aromatic rings. The molecule has 7 heteroatoms. The van der Waals surface area contributed by atoms with Gasteiger partial charge in [-0.15, -0.1) is 0 Å². The zero-order valence-electron chi connectivity index (χ0n) is 11.0. The van der Waals surface area contributed by atoms with Crippen LogP contribution in [0.25, 0.3) is 0 Å². The quantitative estimate of drug-likeness (QED) is 0.657. The van der Waals surface area contributed by atoms with Crippen LogP contribution in [0.5, 0.6) is 0 Å². The lowest BCUT2D eigenvalue weighted by Gasteiger charge is -2.21. The number of aliphatic hydroxyl groups excluding tert-OH is 1. The monoisotopic (exact) mass is 282 g/mol. The molecule has 1 saturated carbocycles. The number of aliphatic hydroxyl groups is 1. The molecule has 0 aromatic heterocycles. The molecular weight excluding hydrogens is 267 g/mol. The van der Waals surface area contributed by atoms with Gasteiger partial charge in [-0.1, -0.05) is 0 Å². The first-order chi connectivity index (χ1) is 9.45. The van der Waals surface area contributed by atoms with Crippen molar-refractivity contribution >= 4 is 11.6 Å². The second-order valence-corrected chi connectivity index (χ2v) is 4.83. The maximum absolute atomic E-state index is 14.0. The van der Waals surface area contributed by atoms with E-state index in [0.29, 0.717) is 0 Å². The minimum atomic E-state index is -0.746. The highest BCUT2D eigenvalue weighted by Crippen LogP contribution is 2.30. The Morgan fingerprint density at radius 2 is 2.20 bits per heavy atom. The van der Waals surface area contributed by atoms with Crippen molar-refractivity contribution in [2.24, 2.45) is 0 Å². The third-order valence-corrected chi connectivity index (χ3v) is 3.27. The number of rotatable bonds is 5. The number of benzene rings is 1. The van der Waals surface area contributed by atoms with Crippen LogP contribution in [0.1, 0.15) is 28.8 Å². The average molecular weight is 282 g/mol. The average Bonchev–Trinajstić information content (AvgIpc) is 3.22. The van der Waals surface area contributed by atoms with Crippen LogP contribution in [0.15, 0.2) is 12.1 Å². The Balaban J connectivity index is 2.39.